The number of anilines is 1. The highest BCUT2D eigenvalue weighted by Crippen LogP contribution is 2.30. The molecular weight excluding hydrogens is 440 g/mol. The molecule has 4 N–H and O–H groups in total. The maximum atomic E-state index is 11.0. The lowest BCUT2D eigenvalue weighted by Gasteiger charge is -2.17. The van der Waals surface area contributed by atoms with Gasteiger partial charge in [-0.25, -0.2) is 9.97 Å². The number of hydrogen-bond acceptors (Lipinski definition) is 10. The van der Waals surface area contributed by atoms with Gasteiger partial charge in [0.2, 0.25) is 17.7 Å². The number of aromatic nitrogens is 4. The molecule has 0 fully saturated rings. The molecular formula is C23H30N6O5. The Morgan fingerprint density at radius 2 is 1.82 bits per heavy atom. The van der Waals surface area contributed by atoms with Crippen LogP contribution in [0, 0.1) is 20.8 Å². The van der Waals surface area contributed by atoms with E-state index in [0.717, 1.165) is 28.9 Å². The molecule has 2 heterocycles. The zero-order chi connectivity index (χ0) is 25.0. The number of aliphatic hydroxyl groups is 2. The van der Waals surface area contributed by atoms with Crippen molar-refractivity contribution in [2.45, 2.75) is 46.3 Å². The highest BCUT2D eigenvalue weighted by molar-refractivity contribution is 5.78. The van der Waals surface area contributed by atoms with Crippen molar-refractivity contribution in [1.29, 1.82) is 0 Å². The summed E-state index contributed by atoms with van der Waals surface area (Å²) in [5, 5.41) is 23.6. The minimum atomic E-state index is -1.42. The first-order chi connectivity index (χ1) is 16.1. The van der Waals surface area contributed by atoms with Gasteiger partial charge in [-0.05, 0) is 57.0 Å². The maximum absolute atomic E-state index is 11.0. The fraction of sp³-hybridized carbons (Fsp3) is 0.435. The lowest BCUT2D eigenvalue weighted by atomic mass is 10.1. The van der Waals surface area contributed by atoms with Gasteiger partial charge in [0.15, 0.2) is 0 Å². The summed E-state index contributed by atoms with van der Waals surface area (Å²) in [4.78, 5) is 26.4. The molecule has 0 aliphatic heterocycles. The first-order valence-corrected chi connectivity index (χ1v) is 10.9. The van der Waals surface area contributed by atoms with Crippen molar-refractivity contribution in [1.82, 2.24) is 20.1 Å². The van der Waals surface area contributed by atoms with Crippen molar-refractivity contribution in [2.24, 2.45) is 5.73 Å². The number of primary amides is 1. The van der Waals surface area contributed by atoms with Crippen molar-refractivity contribution in [3.63, 3.8) is 0 Å². The highest BCUT2D eigenvalue weighted by Gasteiger charge is 2.19. The fourth-order valence-electron chi connectivity index (χ4n) is 3.35. The SMILES string of the molecule is CCN(C)c1nc(C)cc(-c2nc(-c3cc(C)c(OC[C@@H](O)CC(O)C(N)=O)c(C)c3)no2)n1. The van der Waals surface area contributed by atoms with Crippen molar-refractivity contribution in [2.75, 3.05) is 25.1 Å². The minimum absolute atomic E-state index is 0.0979. The highest BCUT2D eigenvalue weighted by atomic mass is 16.5. The van der Waals surface area contributed by atoms with Crippen LogP contribution in [0.2, 0.25) is 0 Å². The summed E-state index contributed by atoms with van der Waals surface area (Å²) >= 11 is 0. The van der Waals surface area contributed by atoms with E-state index < -0.39 is 18.1 Å². The molecule has 2 aromatic heterocycles. The summed E-state index contributed by atoms with van der Waals surface area (Å²) in [5.41, 5.74) is 8.68. The number of carbonyl (C=O) groups is 1. The largest absolute Gasteiger partial charge is 0.490 e. The van der Waals surface area contributed by atoms with Gasteiger partial charge < -0.3 is 30.1 Å². The van der Waals surface area contributed by atoms with Gasteiger partial charge in [0.25, 0.3) is 5.89 Å². The van der Waals surface area contributed by atoms with E-state index in [1.54, 1.807) is 6.07 Å². The molecule has 0 spiro atoms. The van der Waals surface area contributed by atoms with E-state index in [9.17, 15) is 15.0 Å². The van der Waals surface area contributed by atoms with E-state index in [1.165, 1.54) is 0 Å². The first kappa shape index (κ1) is 25.1. The Labute approximate surface area is 197 Å². The van der Waals surface area contributed by atoms with E-state index in [0.29, 0.717) is 23.2 Å². The van der Waals surface area contributed by atoms with Gasteiger partial charge in [0, 0.05) is 31.3 Å². The summed E-state index contributed by atoms with van der Waals surface area (Å²) < 4.78 is 11.2. The van der Waals surface area contributed by atoms with Crippen LogP contribution in [0.1, 0.15) is 30.2 Å². The molecule has 0 aliphatic carbocycles. The van der Waals surface area contributed by atoms with Crippen LogP contribution in [0.3, 0.4) is 0 Å². The lowest BCUT2D eigenvalue weighted by Crippen LogP contribution is -2.33. The van der Waals surface area contributed by atoms with Crippen LogP contribution in [0.4, 0.5) is 5.95 Å². The predicted octanol–water partition coefficient (Wildman–Crippen LogP) is 1.55. The van der Waals surface area contributed by atoms with Crippen molar-refractivity contribution in [3.05, 3.63) is 35.0 Å². The summed E-state index contributed by atoms with van der Waals surface area (Å²) in [6, 6.07) is 5.49. The van der Waals surface area contributed by atoms with Crippen LogP contribution in [0.15, 0.2) is 22.7 Å². The summed E-state index contributed by atoms with van der Waals surface area (Å²) in [6.07, 6.45) is -2.67. The van der Waals surface area contributed by atoms with Crippen molar-refractivity contribution >= 4 is 11.9 Å². The van der Waals surface area contributed by atoms with Crippen LogP contribution >= 0.6 is 0 Å². The standard InChI is InChI=1S/C23H30N6O5/c1-6-29(5)23-25-14(4)9-17(26-23)22-27-21(28-34-22)15-7-12(2)19(13(3)8-15)33-11-16(30)10-18(31)20(24)32/h7-9,16,18,30-31H,6,10-11H2,1-5H3,(H2,24,32)/t16-,18?/m0/s1. The van der Waals surface area contributed by atoms with Gasteiger partial charge in [-0.3, -0.25) is 4.79 Å². The predicted molar refractivity (Wildman–Crippen MR) is 125 cm³/mol. The number of benzene rings is 1. The lowest BCUT2D eigenvalue weighted by molar-refractivity contribution is -0.127. The molecule has 0 saturated heterocycles. The molecule has 1 unspecified atom stereocenters. The molecule has 0 radical (unpaired) electrons. The Morgan fingerprint density at radius 3 is 2.44 bits per heavy atom. The number of aliphatic hydroxyl groups excluding tert-OH is 2. The van der Waals surface area contributed by atoms with E-state index in [-0.39, 0.29) is 18.9 Å². The Hall–Kier alpha value is -3.57. The molecule has 3 rings (SSSR count). The van der Waals surface area contributed by atoms with Gasteiger partial charge in [0.05, 0.1) is 6.10 Å². The molecule has 0 bridgehead atoms. The smallest absolute Gasteiger partial charge is 0.277 e. The monoisotopic (exact) mass is 470 g/mol. The van der Waals surface area contributed by atoms with Crippen molar-refractivity contribution in [3.8, 4) is 28.7 Å². The quantitative estimate of drug-likeness (QED) is 0.396. The summed E-state index contributed by atoms with van der Waals surface area (Å²) in [5.74, 6) is 0.966. The number of rotatable bonds is 10. The molecule has 0 aliphatic rings. The van der Waals surface area contributed by atoms with E-state index in [4.69, 9.17) is 15.0 Å². The average molecular weight is 471 g/mol. The molecule has 11 nitrogen and oxygen atoms in total. The van der Waals surface area contributed by atoms with Gasteiger partial charge in [-0.2, -0.15) is 4.98 Å². The number of ether oxygens (including phenoxy) is 1. The van der Waals surface area contributed by atoms with E-state index >= 15 is 0 Å². The molecule has 182 valence electrons. The van der Waals surface area contributed by atoms with Crippen LogP contribution in [-0.4, -0.2) is 68.6 Å². The second-order valence-corrected chi connectivity index (χ2v) is 8.19. The number of carbonyl (C=O) groups excluding carboxylic acids is 1. The second-order valence-electron chi connectivity index (χ2n) is 8.19. The Kier molecular flexibility index (Phi) is 7.79. The topological polar surface area (TPSA) is 161 Å². The third-order valence-electron chi connectivity index (χ3n) is 5.27. The zero-order valence-electron chi connectivity index (χ0n) is 19.9. The third kappa shape index (κ3) is 5.86. The normalized spacial score (nSPS) is 12.9. The Morgan fingerprint density at radius 1 is 1.15 bits per heavy atom. The molecule has 34 heavy (non-hydrogen) atoms. The second kappa shape index (κ2) is 10.6. The molecule has 1 aromatic carbocycles. The number of hydrogen-bond donors (Lipinski definition) is 3. The molecule has 2 atom stereocenters. The number of nitrogens with two attached hydrogens (primary N) is 1. The fourth-order valence-corrected chi connectivity index (χ4v) is 3.35. The van der Waals surface area contributed by atoms with Gasteiger partial charge in [-0.1, -0.05) is 5.16 Å². The number of aryl methyl sites for hydroxylation is 3. The average Bonchev–Trinajstić information content (AvgIpc) is 3.27. The maximum Gasteiger partial charge on any atom is 0.277 e. The van der Waals surface area contributed by atoms with E-state index in [1.807, 2.05) is 51.8 Å². The third-order valence-corrected chi connectivity index (χ3v) is 5.27. The summed E-state index contributed by atoms with van der Waals surface area (Å²) in [7, 11) is 1.91. The van der Waals surface area contributed by atoms with Crippen LogP contribution < -0.4 is 15.4 Å². The molecule has 0 saturated carbocycles. The number of nitrogens with zero attached hydrogens (tertiary/aromatic N) is 5. The van der Waals surface area contributed by atoms with Crippen molar-refractivity contribution < 1.29 is 24.3 Å². The van der Waals surface area contributed by atoms with Crippen LogP contribution in [-0.2, 0) is 4.79 Å². The molecule has 11 heteroatoms. The van der Waals surface area contributed by atoms with Gasteiger partial charge >= 0.3 is 0 Å². The minimum Gasteiger partial charge on any atom is -0.490 e. The Balaban J connectivity index is 1.79. The number of amides is 1. The first-order valence-electron chi connectivity index (χ1n) is 10.9. The summed E-state index contributed by atoms with van der Waals surface area (Å²) in [6.45, 7) is 8.27. The molecule has 3 aromatic rings. The van der Waals surface area contributed by atoms with Gasteiger partial charge in [0.1, 0.15) is 24.2 Å². The van der Waals surface area contributed by atoms with Gasteiger partial charge in [-0.15, -0.1) is 0 Å². The molecule has 1 amide bonds. The van der Waals surface area contributed by atoms with Crippen LogP contribution in [0.25, 0.3) is 23.0 Å². The zero-order valence-corrected chi connectivity index (χ0v) is 19.9. The van der Waals surface area contributed by atoms with Crippen LogP contribution in [0.5, 0.6) is 5.75 Å². The van der Waals surface area contributed by atoms with E-state index in [2.05, 4.69) is 20.1 Å². The Bertz CT molecular complexity index is 1140.